The topological polar surface area (TPSA) is 103 Å². The predicted molar refractivity (Wildman–Crippen MR) is 86.0 cm³/mol. The maximum Gasteiger partial charge on any atom is 0.343 e. The molecule has 0 radical (unpaired) electrons. The lowest BCUT2D eigenvalue weighted by atomic mass is 10.1. The van der Waals surface area contributed by atoms with Gasteiger partial charge in [-0.15, -0.1) is 5.10 Å². The Morgan fingerprint density at radius 2 is 1.68 bits per heavy atom. The molecule has 2 aromatic carbocycles. The summed E-state index contributed by atoms with van der Waals surface area (Å²) >= 11 is 0. The Bertz CT molecular complexity index is 700. The first-order valence-corrected chi connectivity index (χ1v) is 6.55. The third-order valence-corrected chi connectivity index (χ3v) is 2.76. The van der Waals surface area contributed by atoms with E-state index in [1.165, 1.54) is 6.21 Å². The number of guanidine groups is 1. The highest BCUT2D eigenvalue weighted by atomic mass is 16.5. The average molecular weight is 296 g/mol. The van der Waals surface area contributed by atoms with Crippen molar-refractivity contribution >= 4 is 18.1 Å². The summed E-state index contributed by atoms with van der Waals surface area (Å²) in [5, 5.41) is 7.19. The molecule has 0 spiro atoms. The number of hydrogen-bond acceptors (Lipinski definition) is 4. The minimum atomic E-state index is -0.401. The number of rotatable bonds is 4. The van der Waals surface area contributed by atoms with Crippen molar-refractivity contribution in [2.45, 2.75) is 6.92 Å². The van der Waals surface area contributed by atoms with Crippen LogP contribution in [0.1, 0.15) is 21.5 Å². The summed E-state index contributed by atoms with van der Waals surface area (Å²) in [7, 11) is 0. The van der Waals surface area contributed by atoms with Gasteiger partial charge in [-0.25, -0.2) is 4.79 Å². The van der Waals surface area contributed by atoms with Crippen LogP contribution >= 0.6 is 0 Å². The second-order valence-corrected chi connectivity index (χ2v) is 4.59. The van der Waals surface area contributed by atoms with Crippen molar-refractivity contribution in [2.24, 2.45) is 21.7 Å². The summed E-state index contributed by atoms with van der Waals surface area (Å²) in [5.41, 5.74) is 12.7. The first-order valence-electron chi connectivity index (χ1n) is 6.55. The van der Waals surface area contributed by atoms with E-state index in [4.69, 9.17) is 16.2 Å². The molecular formula is C16H16N4O2. The van der Waals surface area contributed by atoms with Gasteiger partial charge in [0.1, 0.15) is 5.75 Å². The van der Waals surface area contributed by atoms with Gasteiger partial charge >= 0.3 is 5.97 Å². The van der Waals surface area contributed by atoms with Gasteiger partial charge in [0.25, 0.3) is 0 Å². The molecule has 4 N–H and O–H groups in total. The molecule has 0 unspecified atom stereocenters. The van der Waals surface area contributed by atoms with Gasteiger partial charge in [0, 0.05) is 0 Å². The maximum absolute atomic E-state index is 12.0. The Balaban J connectivity index is 2.02. The first-order chi connectivity index (χ1) is 10.5. The third-order valence-electron chi connectivity index (χ3n) is 2.76. The highest BCUT2D eigenvalue weighted by Crippen LogP contribution is 2.14. The summed E-state index contributed by atoms with van der Waals surface area (Å²) in [6.45, 7) is 1.96. The minimum absolute atomic E-state index is 0.111. The van der Waals surface area contributed by atoms with Crippen molar-refractivity contribution in [3.05, 3.63) is 65.2 Å². The fourth-order valence-electron chi connectivity index (χ4n) is 1.64. The normalized spacial score (nSPS) is 10.4. The van der Waals surface area contributed by atoms with Gasteiger partial charge in [-0.2, -0.15) is 5.10 Å². The molecule has 0 fully saturated rings. The van der Waals surface area contributed by atoms with Gasteiger partial charge in [0.2, 0.25) is 5.96 Å². The number of ether oxygens (including phenoxy) is 1. The van der Waals surface area contributed by atoms with Crippen LogP contribution in [0, 0.1) is 6.92 Å². The third kappa shape index (κ3) is 4.45. The van der Waals surface area contributed by atoms with E-state index in [1.54, 1.807) is 36.4 Å². The van der Waals surface area contributed by atoms with Gasteiger partial charge in [0.05, 0.1) is 11.8 Å². The number of hydrogen-bond donors (Lipinski definition) is 2. The van der Waals surface area contributed by atoms with Gasteiger partial charge in [-0.05, 0) is 48.9 Å². The van der Waals surface area contributed by atoms with Crippen LogP contribution in [-0.2, 0) is 0 Å². The Morgan fingerprint density at radius 1 is 1.05 bits per heavy atom. The minimum Gasteiger partial charge on any atom is -0.423 e. The number of nitrogens with two attached hydrogens (primary N) is 2. The second kappa shape index (κ2) is 7.03. The van der Waals surface area contributed by atoms with Crippen molar-refractivity contribution < 1.29 is 9.53 Å². The summed E-state index contributed by atoms with van der Waals surface area (Å²) in [6, 6.07) is 14.0. The molecular weight excluding hydrogens is 280 g/mol. The van der Waals surface area contributed by atoms with Gasteiger partial charge in [-0.1, -0.05) is 17.7 Å². The molecule has 6 nitrogen and oxygen atoms in total. The Hall–Kier alpha value is -3.15. The van der Waals surface area contributed by atoms with Gasteiger partial charge < -0.3 is 16.2 Å². The molecule has 0 saturated carbocycles. The fourth-order valence-corrected chi connectivity index (χ4v) is 1.64. The lowest BCUT2D eigenvalue weighted by Crippen LogP contribution is -2.21. The molecule has 22 heavy (non-hydrogen) atoms. The molecule has 0 aliphatic carbocycles. The summed E-state index contributed by atoms with van der Waals surface area (Å²) < 4.78 is 5.29. The molecule has 0 aliphatic rings. The summed E-state index contributed by atoms with van der Waals surface area (Å²) in [6.07, 6.45) is 1.49. The number of carbonyl (C=O) groups excluding carboxylic acids is 1. The van der Waals surface area contributed by atoms with E-state index in [9.17, 15) is 4.79 Å². The molecule has 0 atom stereocenters. The van der Waals surface area contributed by atoms with E-state index in [0.717, 1.165) is 11.1 Å². The monoisotopic (exact) mass is 296 g/mol. The van der Waals surface area contributed by atoms with E-state index in [2.05, 4.69) is 10.2 Å². The van der Waals surface area contributed by atoms with E-state index in [-0.39, 0.29) is 5.96 Å². The highest BCUT2D eigenvalue weighted by molar-refractivity contribution is 5.91. The Labute approximate surface area is 128 Å². The number of aryl methyl sites for hydroxylation is 1. The zero-order valence-corrected chi connectivity index (χ0v) is 12.1. The second-order valence-electron chi connectivity index (χ2n) is 4.59. The Kier molecular flexibility index (Phi) is 4.87. The molecule has 0 heterocycles. The molecule has 0 saturated heterocycles. The summed E-state index contributed by atoms with van der Waals surface area (Å²) in [5.74, 6) is -0.0635. The van der Waals surface area contributed by atoms with Crippen molar-refractivity contribution in [3.8, 4) is 5.75 Å². The van der Waals surface area contributed by atoms with Gasteiger partial charge in [-0.3, -0.25) is 0 Å². The molecule has 0 aliphatic heterocycles. The van der Waals surface area contributed by atoms with Crippen LogP contribution in [0.4, 0.5) is 0 Å². The van der Waals surface area contributed by atoms with Crippen LogP contribution in [0.15, 0.2) is 58.7 Å². The molecule has 0 aromatic heterocycles. The summed E-state index contributed by atoms with van der Waals surface area (Å²) in [4.78, 5) is 12.0. The predicted octanol–water partition coefficient (Wildman–Crippen LogP) is 1.82. The number of benzene rings is 2. The maximum atomic E-state index is 12.0. The Morgan fingerprint density at radius 3 is 2.27 bits per heavy atom. The van der Waals surface area contributed by atoms with Crippen LogP contribution in [0.5, 0.6) is 5.75 Å². The zero-order valence-electron chi connectivity index (χ0n) is 12.1. The SMILES string of the molecule is Cc1ccc(C(=O)Oc2ccc(/C=N\N=C(N)N)cc2)cc1. The number of nitrogens with zero attached hydrogens (tertiary/aromatic N) is 2. The van der Waals surface area contributed by atoms with Crippen LogP contribution in [0.3, 0.4) is 0 Å². The van der Waals surface area contributed by atoms with Gasteiger partial charge in [0.15, 0.2) is 0 Å². The smallest absolute Gasteiger partial charge is 0.343 e. The lowest BCUT2D eigenvalue weighted by Gasteiger charge is -2.04. The van der Waals surface area contributed by atoms with Crippen molar-refractivity contribution in [2.75, 3.05) is 0 Å². The standard InChI is InChI=1S/C16H16N4O2/c1-11-2-6-13(7-3-11)15(21)22-14-8-4-12(5-9-14)10-19-20-16(17)18/h2-10H,1H3,(H4,17,18,20)/b19-10-. The van der Waals surface area contributed by atoms with Crippen LogP contribution in [0.2, 0.25) is 0 Å². The largest absolute Gasteiger partial charge is 0.423 e. The van der Waals surface area contributed by atoms with Crippen LogP contribution < -0.4 is 16.2 Å². The number of esters is 1. The number of carbonyl (C=O) groups is 1. The molecule has 2 rings (SSSR count). The zero-order chi connectivity index (χ0) is 15.9. The van der Waals surface area contributed by atoms with E-state index < -0.39 is 5.97 Å². The van der Waals surface area contributed by atoms with Crippen LogP contribution in [0.25, 0.3) is 0 Å². The van der Waals surface area contributed by atoms with Crippen molar-refractivity contribution in [3.63, 3.8) is 0 Å². The molecule has 2 aromatic rings. The van der Waals surface area contributed by atoms with E-state index in [1.807, 2.05) is 19.1 Å². The highest BCUT2D eigenvalue weighted by Gasteiger charge is 2.07. The van der Waals surface area contributed by atoms with Crippen LogP contribution in [-0.4, -0.2) is 18.1 Å². The molecule has 112 valence electrons. The lowest BCUT2D eigenvalue weighted by molar-refractivity contribution is 0.0735. The first kappa shape index (κ1) is 15.2. The fraction of sp³-hybridized carbons (Fsp3) is 0.0625. The van der Waals surface area contributed by atoms with Crippen molar-refractivity contribution in [1.29, 1.82) is 0 Å². The molecule has 0 bridgehead atoms. The van der Waals surface area contributed by atoms with Crippen molar-refractivity contribution in [1.82, 2.24) is 0 Å². The average Bonchev–Trinajstić information content (AvgIpc) is 2.49. The molecule has 6 heteroatoms. The van der Waals surface area contributed by atoms with E-state index >= 15 is 0 Å². The van der Waals surface area contributed by atoms with E-state index in [0.29, 0.717) is 11.3 Å². The quantitative estimate of drug-likeness (QED) is 0.295. The molecule has 0 amide bonds.